The molecule has 0 saturated carbocycles. The Morgan fingerprint density at radius 3 is 2.87 bits per heavy atom. The highest BCUT2D eigenvalue weighted by molar-refractivity contribution is 5.85. The Bertz CT molecular complexity index is 465. The molecule has 1 aliphatic heterocycles. The van der Waals surface area contributed by atoms with Crippen LogP contribution in [0.5, 0.6) is 5.75 Å². The second-order valence-electron chi connectivity index (χ2n) is 5.71. The predicted molar refractivity (Wildman–Crippen MR) is 95.5 cm³/mol. The summed E-state index contributed by atoms with van der Waals surface area (Å²) in [7, 11) is 0. The number of piperazine rings is 1. The van der Waals surface area contributed by atoms with Gasteiger partial charge in [0.1, 0.15) is 5.75 Å². The third kappa shape index (κ3) is 8.21. The zero-order valence-corrected chi connectivity index (χ0v) is 14.7. The van der Waals surface area contributed by atoms with Gasteiger partial charge in [-0.25, -0.2) is 0 Å². The predicted octanol–water partition coefficient (Wildman–Crippen LogP) is 1.60. The maximum atomic E-state index is 11.7. The van der Waals surface area contributed by atoms with Crippen LogP contribution < -0.4 is 15.4 Å². The van der Waals surface area contributed by atoms with Gasteiger partial charge in [0.15, 0.2) is 0 Å². The molecule has 1 saturated heterocycles. The van der Waals surface area contributed by atoms with Gasteiger partial charge in [-0.15, -0.1) is 12.4 Å². The minimum absolute atomic E-state index is 0. The molecule has 1 amide bonds. The molecule has 1 aromatic rings. The minimum Gasteiger partial charge on any atom is -0.493 e. The fourth-order valence-electron chi connectivity index (χ4n) is 2.52. The molecule has 0 radical (unpaired) electrons. The number of aryl methyl sites for hydroxylation is 1. The molecule has 0 aliphatic carbocycles. The van der Waals surface area contributed by atoms with Crippen LogP contribution in [0.15, 0.2) is 24.3 Å². The third-order valence-electron chi connectivity index (χ3n) is 3.77. The molecule has 2 N–H and O–H groups in total. The molecule has 1 aliphatic rings. The summed E-state index contributed by atoms with van der Waals surface area (Å²) >= 11 is 0. The molecule has 6 heteroatoms. The van der Waals surface area contributed by atoms with E-state index < -0.39 is 0 Å². The SMILES string of the molecule is Cc1cccc(OCCC(=O)NCCCN2CCNCC2)c1.Cl. The molecular formula is C17H28ClN3O2. The molecule has 2 rings (SSSR count). The van der Waals surface area contributed by atoms with Gasteiger partial charge >= 0.3 is 0 Å². The first-order valence-corrected chi connectivity index (χ1v) is 8.13. The number of nitrogens with one attached hydrogen (secondary N) is 2. The van der Waals surface area contributed by atoms with Crippen LogP contribution in [0, 0.1) is 6.92 Å². The topological polar surface area (TPSA) is 53.6 Å². The second kappa shape index (κ2) is 11.3. The molecule has 23 heavy (non-hydrogen) atoms. The Labute approximate surface area is 145 Å². The van der Waals surface area contributed by atoms with E-state index in [1.54, 1.807) is 0 Å². The first kappa shape index (κ1) is 19.7. The average Bonchev–Trinajstić information content (AvgIpc) is 2.53. The lowest BCUT2D eigenvalue weighted by molar-refractivity contribution is -0.121. The van der Waals surface area contributed by atoms with Gasteiger partial charge < -0.3 is 20.3 Å². The lowest BCUT2D eigenvalue weighted by atomic mass is 10.2. The zero-order valence-electron chi connectivity index (χ0n) is 13.8. The summed E-state index contributed by atoms with van der Waals surface area (Å²) in [5.74, 6) is 0.888. The van der Waals surface area contributed by atoms with Gasteiger partial charge in [0.2, 0.25) is 5.91 Å². The highest BCUT2D eigenvalue weighted by Gasteiger charge is 2.08. The Kier molecular flexibility index (Phi) is 9.67. The van der Waals surface area contributed by atoms with E-state index in [1.807, 2.05) is 31.2 Å². The van der Waals surface area contributed by atoms with Gasteiger partial charge in [0.05, 0.1) is 13.0 Å². The van der Waals surface area contributed by atoms with Gasteiger partial charge in [-0.3, -0.25) is 4.79 Å². The number of carbonyl (C=O) groups is 1. The summed E-state index contributed by atoms with van der Waals surface area (Å²) in [5, 5.41) is 6.30. The van der Waals surface area contributed by atoms with E-state index >= 15 is 0 Å². The van der Waals surface area contributed by atoms with Crippen molar-refractivity contribution in [1.29, 1.82) is 0 Å². The van der Waals surface area contributed by atoms with Crippen molar-refractivity contribution in [3.05, 3.63) is 29.8 Å². The number of hydrogen-bond donors (Lipinski definition) is 2. The third-order valence-corrected chi connectivity index (χ3v) is 3.77. The van der Waals surface area contributed by atoms with Crippen LogP contribution in [-0.4, -0.2) is 56.7 Å². The van der Waals surface area contributed by atoms with Crippen LogP contribution in [0.4, 0.5) is 0 Å². The highest BCUT2D eigenvalue weighted by atomic mass is 35.5. The van der Waals surface area contributed by atoms with Gasteiger partial charge in [-0.2, -0.15) is 0 Å². The fraction of sp³-hybridized carbons (Fsp3) is 0.588. The Hall–Kier alpha value is -1.30. The number of benzene rings is 1. The molecule has 0 atom stereocenters. The molecule has 0 unspecified atom stereocenters. The molecule has 0 aromatic heterocycles. The molecule has 0 bridgehead atoms. The van der Waals surface area contributed by atoms with Crippen molar-refractivity contribution in [2.75, 3.05) is 45.9 Å². The Morgan fingerprint density at radius 2 is 2.13 bits per heavy atom. The van der Waals surface area contributed by atoms with Crippen LogP contribution in [0.1, 0.15) is 18.4 Å². The van der Waals surface area contributed by atoms with Gasteiger partial charge in [-0.05, 0) is 37.6 Å². The van der Waals surface area contributed by atoms with Crippen molar-refractivity contribution < 1.29 is 9.53 Å². The van der Waals surface area contributed by atoms with Crippen LogP contribution in [0.3, 0.4) is 0 Å². The molecule has 1 aromatic carbocycles. The number of amides is 1. The zero-order chi connectivity index (χ0) is 15.6. The second-order valence-corrected chi connectivity index (χ2v) is 5.71. The molecule has 1 fully saturated rings. The smallest absolute Gasteiger partial charge is 0.223 e. The first-order valence-electron chi connectivity index (χ1n) is 8.13. The van der Waals surface area contributed by atoms with Crippen molar-refractivity contribution in [2.45, 2.75) is 19.8 Å². The van der Waals surface area contributed by atoms with Crippen molar-refractivity contribution >= 4 is 18.3 Å². The number of ether oxygens (including phenoxy) is 1. The van der Waals surface area contributed by atoms with Gasteiger partial charge in [0.25, 0.3) is 0 Å². The van der Waals surface area contributed by atoms with Crippen molar-refractivity contribution in [3.8, 4) is 5.75 Å². The maximum Gasteiger partial charge on any atom is 0.223 e. The van der Waals surface area contributed by atoms with E-state index in [-0.39, 0.29) is 18.3 Å². The number of nitrogens with zero attached hydrogens (tertiary/aromatic N) is 1. The van der Waals surface area contributed by atoms with Crippen molar-refractivity contribution in [2.24, 2.45) is 0 Å². The summed E-state index contributed by atoms with van der Waals surface area (Å²) in [6, 6.07) is 7.88. The molecular weight excluding hydrogens is 314 g/mol. The summed E-state index contributed by atoms with van der Waals surface area (Å²) in [6.07, 6.45) is 1.41. The Morgan fingerprint density at radius 1 is 1.35 bits per heavy atom. The average molecular weight is 342 g/mol. The fourth-order valence-corrected chi connectivity index (χ4v) is 2.52. The van der Waals surface area contributed by atoms with E-state index in [1.165, 1.54) is 0 Å². The number of rotatable bonds is 8. The maximum absolute atomic E-state index is 11.7. The van der Waals surface area contributed by atoms with E-state index in [0.29, 0.717) is 13.0 Å². The van der Waals surface area contributed by atoms with Crippen molar-refractivity contribution in [3.63, 3.8) is 0 Å². The molecule has 130 valence electrons. The quantitative estimate of drug-likeness (QED) is 0.705. The van der Waals surface area contributed by atoms with Crippen LogP contribution in [-0.2, 0) is 4.79 Å². The lowest BCUT2D eigenvalue weighted by Gasteiger charge is -2.27. The number of halogens is 1. The molecule has 1 heterocycles. The van der Waals surface area contributed by atoms with E-state index in [2.05, 4.69) is 15.5 Å². The number of carbonyl (C=O) groups excluding carboxylic acids is 1. The first-order chi connectivity index (χ1) is 10.7. The van der Waals surface area contributed by atoms with Crippen LogP contribution in [0.25, 0.3) is 0 Å². The van der Waals surface area contributed by atoms with Gasteiger partial charge in [0, 0.05) is 32.7 Å². The van der Waals surface area contributed by atoms with Crippen molar-refractivity contribution in [1.82, 2.24) is 15.5 Å². The Balaban J connectivity index is 0.00000264. The molecule has 0 spiro atoms. The lowest BCUT2D eigenvalue weighted by Crippen LogP contribution is -2.44. The van der Waals surface area contributed by atoms with Crippen LogP contribution >= 0.6 is 12.4 Å². The standard InChI is InChI=1S/C17H27N3O2.ClH/c1-15-4-2-5-16(14-15)22-13-6-17(21)19-7-3-10-20-11-8-18-9-12-20;/h2,4-5,14,18H,3,6-13H2,1H3,(H,19,21);1H. The summed E-state index contributed by atoms with van der Waals surface area (Å²) in [5.41, 5.74) is 1.16. The van der Waals surface area contributed by atoms with Gasteiger partial charge in [-0.1, -0.05) is 12.1 Å². The minimum atomic E-state index is 0. The van der Waals surface area contributed by atoms with E-state index in [9.17, 15) is 4.79 Å². The monoisotopic (exact) mass is 341 g/mol. The normalized spacial score (nSPS) is 14.8. The summed E-state index contributed by atoms with van der Waals surface area (Å²) in [4.78, 5) is 14.2. The largest absolute Gasteiger partial charge is 0.493 e. The van der Waals surface area contributed by atoms with E-state index in [0.717, 1.165) is 57.0 Å². The van der Waals surface area contributed by atoms with E-state index in [4.69, 9.17) is 4.74 Å². The summed E-state index contributed by atoms with van der Waals surface area (Å²) in [6.45, 7) is 8.61. The van der Waals surface area contributed by atoms with Crippen LogP contribution in [0.2, 0.25) is 0 Å². The highest BCUT2D eigenvalue weighted by Crippen LogP contribution is 2.12. The molecule has 5 nitrogen and oxygen atoms in total. The summed E-state index contributed by atoms with van der Waals surface area (Å²) < 4.78 is 5.58. The number of hydrogen-bond acceptors (Lipinski definition) is 4.